The van der Waals surface area contributed by atoms with Crippen molar-refractivity contribution in [3.05, 3.63) is 46.2 Å². The maximum atomic E-state index is 13.5. The molecule has 1 saturated heterocycles. The Hall–Kier alpha value is -1.45. The lowest BCUT2D eigenvalue weighted by atomic mass is 9.96. The van der Waals surface area contributed by atoms with Crippen molar-refractivity contribution in [2.45, 2.75) is 51.0 Å². The minimum absolute atomic E-state index is 0.0264. The van der Waals surface area contributed by atoms with Crippen LogP contribution in [0.2, 0.25) is 0 Å². The molecule has 1 aromatic carbocycles. The summed E-state index contributed by atoms with van der Waals surface area (Å²) in [5, 5.41) is 3.40. The highest BCUT2D eigenvalue weighted by atomic mass is 79.9. The van der Waals surface area contributed by atoms with Gasteiger partial charge in [0.25, 0.3) is 5.91 Å². The minimum atomic E-state index is -0.0264. The number of hydrazine groups is 2. The molecule has 0 atom stereocenters. The summed E-state index contributed by atoms with van der Waals surface area (Å²) in [5.41, 5.74) is 16.2. The number of halogens is 1. The molecule has 1 amide bonds. The summed E-state index contributed by atoms with van der Waals surface area (Å²) >= 11 is 3.48. The first-order valence-corrected chi connectivity index (χ1v) is 11.9. The predicted molar refractivity (Wildman–Crippen MR) is 124 cm³/mol. The van der Waals surface area contributed by atoms with Gasteiger partial charge in [-0.3, -0.25) is 15.1 Å². The van der Waals surface area contributed by atoms with Gasteiger partial charge in [-0.25, -0.2) is 5.43 Å². The largest absolute Gasteiger partial charge is 0.327 e. The van der Waals surface area contributed by atoms with E-state index < -0.39 is 0 Å². The second-order valence-electron chi connectivity index (χ2n) is 8.17. The molecule has 1 aliphatic heterocycles. The van der Waals surface area contributed by atoms with Gasteiger partial charge >= 0.3 is 0 Å². The number of hydrogen-bond acceptors (Lipinski definition) is 6. The summed E-state index contributed by atoms with van der Waals surface area (Å²) in [6.07, 6.45) is 10.2. The molecule has 2 fully saturated rings. The Bertz CT molecular complexity index is 701. The number of carbonyl (C=O) groups is 1. The summed E-state index contributed by atoms with van der Waals surface area (Å²) in [6.45, 7) is 3.00. The van der Waals surface area contributed by atoms with Crippen molar-refractivity contribution in [2.75, 3.05) is 26.2 Å². The molecular weight excluding hydrogens is 444 g/mol. The second kappa shape index (κ2) is 12.4. The molecule has 3 rings (SSSR count). The van der Waals surface area contributed by atoms with Gasteiger partial charge in [-0.1, -0.05) is 41.3 Å². The normalized spacial score (nSPS) is 18.9. The number of amides is 1. The van der Waals surface area contributed by atoms with E-state index in [0.717, 1.165) is 30.4 Å². The van der Waals surface area contributed by atoms with Crippen LogP contribution in [0.4, 0.5) is 0 Å². The Balaban J connectivity index is 1.72. The number of benzene rings is 1. The molecule has 8 heteroatoms. The van der Waals surface area contributed by atoms with Crippen molar-refractivity contribution >= 4 is 21.8 Å². The van der Waals surface area contributed by atoms with E-state index in [1.165, 1.54) is 32.1 Å². The van der Waals surface area contributed by atoms with Crippen molar-refractivity contribution < 1.29 is 4.79 Å². The number of piperidine rings is 1. The van der Waals surface area contributed by atoms with Crippen LogP contribution in [-0.4, -0.2) is 43.0 Å². The average Bonchev–Trinajstić information content (AvgIpc) is 2.78. The van der Waals surface area contributed by atoms with Crippen molar-refractivity contribution in [3.63, 3.8) is 0 Å². The van der Waals surface area contributed by atoms with Crippen molar-refractivity contribution in [1.82, 2.24) is 26.6 Å². The van der Waals surface area contributed by atoms with Crippen molar-refractivity contribution in [1.29, 1.82) is 0 Å². The van der Waals surface area contributed by atoms with Gasteiger partial charge in [0.1, 0.15) is 5.82 Å². The molecule has 30 heavy (non-hydrogen) atoms. The molecule has 1 aliphatic carbocycles. The fourth-order valence-corrected chi connectivity index (χ4v) is 4.58. The fraction of sp³-hybridized carbons (Fsp3) is 0.591. The van der Waals surface area contributed by atoms with Gasteiger partial charge in [0.05, 0.1) is 0 Å². The molecule has 6 N–H and O–H groups in total. The molecule has 7 nitrogen and oxygen atoms in total. The molecule has 2 aliphatic rings. The van der Waals surface area contributed by atoms with E-state index in [2.05, 4.69) is 37.6 Å². The Morgan fingerprint density at radius 2 is 1.97 bits per heavy atom. The van der Waals surface area contributed by atoms with E-state index in [9.17, 15) is 4.79 Å². The predicted octanol–water partition coefficient (Wildman–Crippen LogP) is 2.62. The Morgan fingerprint density at radius 3 is 2.67 bits per heavy atom. The molecule has 1 heterocycles. The molecule has 166 valence electrons. The quantitative estimate of drug-likeness (QED) is 0.350. The molecule has 0 radical (unpaired) electrons. The van der Waals surface area contributed by atoms with Crippen LogP contribution in [0.1, 0.15) is 55.3 Å². The van der Waals surface area contributed by atoms with Crippen LogP contribution in [0.3, 0.4) is 0 Å². The standard InChI is InChI=1S/C22H35BrN6O/c23-19-6-4-5-18(15-19)22(30)29(16-17-10-13-25-14-11-17)21(9-12-24)27-28-26-20-7-2-1-3-8-20/h4-6,9,15,17,20,25-28H,1-3,7-8,10-14,16,24H2/b21-9+. The van der Waals surface area contributed by atoms with Crippen LogP contribution < -0.4 is 27.4 Å². The SMILES string of the molecule is NC/C=C(\NNNC1CCCCC1)N(CC1CCNCC1)C(=O)c1cccc(Br)c1. The van der Waals surface area contributed by atoms with E-state index in [1.54, 1.807) is 0 Å². The molecular formula is C22H35BrN6O. The Kier molecular flexibility index (Phi) is 9.61. The number of carbonyl (C=O) groups excluding carboxylic acids is 1. The van der Waals surface area contributed by atoms with Gasteiger partial charge < -0.3 is 11.1 Å². The van der Waals surface area contributed by atoms with Gasteiger partial charge in [-0.05, 0) is 69.0 Å². The highest BCUT2D eigenvalue weighted by Crippen LogP contribution is 2.20. The third-order valence-electron chi connectivity index (χ3n) is 5.89. The van der Waals surface area contributed by atoms with Gasteiger partial charge in [0.2, 0.25) is 0 Å². The second-order valence-corrected chi connectivity index (χ2v) is 9.09. The van der Waals surface area contributed by atoms with Crippen molar-refractivity contribution in [2.24, 2.45) is 11.7 Å². The summed E-state index contributed by atoms with van der Waals surface area (Å²) in [6, 6.07) is 7.99. The van der Waals surface area contributed by atoms with E-state index >= 15 is 0 Å². The monoisotopic (exact) mass is 478 g/mol. The number of nitrogens with zero attached hydrogens (tertiary/aromatic N) is 1. The highest BCUT2D eigenvalue weighted by molar-refractivity contribution is 9.10. The molecule has 0 spiro atoms. The zero-order valence-corrected chi connectivity index (χ0v) is 19.2. The zero-order valence-electron chi connectivity index (χ0n) is 17.6. The van der Waals surface area contributed by atoms with Crippen LogP contribution in [0.25, 0.3) is 0 Å². The van der Waals surface area contributed by atoms with Crippen LogP contribution in [-0.2, 0) is 0 Å². The van der Waals surface area contributed by atoms with Gasteiger partial charge in [0.15, 0.2) is 0 Å². The lowest BCUT2D eigenvalue weighted by Crippen LogP contribution is -2.53. The van der Waals surface area contributed by atoms with Crippen molar-refractivity contribution in [3.8, 4) is 0 Å². The number of rotatable bonds is 9. The summed E-state index contributed by atoms with van der Waals surface area (Å²) < 4.78 is 0.893. The molecule has 0 aromatic heterocycles. The third-order valence-corrected chi connectivity index (χ3v) is 6.38. The maximum absolute atomic E-state index is 13.5. The smallest absolute Gasteiger partial charge is 0.259 e. The van der Waals surface area contributed by atoms with Crippen LogP contribution >= 0.6 is 15.9 Å². The topological polar surface area (TPSA) is 94.4 Å². The van der Waals surface area contributed by atoms with Crippen LogP contribution in [0, 0.1) is 5.92 Å². The molecule has 0 unspecified atom stereocenters. The maximum Gasteiger partial charge on any atom is 0.259 e. The van der Waals surface area contributed by atoms with E-state index in [1.807, 2.05) is 35.2 Å². The van der Waals surface area contributed by atoms with Crippen LogP contribution in [0.5, 0.6) is 0 Å². The Morgan fingerprint density at radius 1 is 1.20 bits per heavy atom. The summed E-state index contributed by atoms with van der Waals surface area (Å²) in [5.74, 6) is 1.13. The minimum Gasteiger partial charge on any atom is -0.327 e. The summed E-state index contributed by atoms with van der Waals surface area (Å²) in [4.78, 5) is 15.3. The molecule has 0 bridgehead atoms. The Labute approximate surface area is 188 Å². The first kappa shape index (κ1) is 23.2. The van der Waals surface area contributed by atoms with E-state index in [-0.39, 0.29) is 5.91 Å². The van der Waals surface area contributed by atoms with E-state index in [0.29, 0.717) is 36.4 Å². The lowest BCUT2D eigenvalue weighted by molar-refractivity contribution is 0.0754. The third kappa shape index (κ3) is 7.06. The summed E-state index contributed by atoms with van der Waals surface area (Å²) in [7, 11) is 0. The van der Waals surface area contributed by atoms with E-state index in [4.69, 9.17) is 5.73 Å². The highest BCUT2D eigenvalue weighted by Gasteiger charge is 2.25. The number of hydrogen-bond donors (Lipinski definition) is 5. The average molecular weight is 479 g/mol. The molecule has 1 saturated carbocycles. The fourth-order valence-electron chi connectivity index (χ4n) is 4.18. The molecule has 1 aromatic rings. The van der Waals surface area contributed by atoms with Crippen LogP contribution in [0.15, 0.2) is 40.6 Å². The number of nitrogens with one attached hydrogen (secondary N) is 4. The van der Waals surface area contributed by atoms with Gasteiger partial charge in [0, 0.05) is 29.2 Å². The first-order valence-electron chi connectivity index (χ1n) is 11.1. The number of nitrogens with two attached hydrogens (primary N) is 1. The first-order chi connectivity index (χ1) is 14.7. The zero-order chi connectivity index (χ0) is 21.2. The van der Waals surface area contributed by atoms with Gasteiger partial charge in [-0.15, -0.1) is 0 Å². The van der Waals surface area contributed by atoms with Gasteiger partial charge in [-0.2, -0.15) is 5.53 Å². The lowest BCUT2D eigenvalue weighted by Gasteiger charge is -2.33.